The summed E-state index contributed by atoms with van der Waals surface area (Å²) in [6.07, 6.45) is 1.32. The predicted molar refractivity (Wildman–Crippen MR) is 130 cm³/mol. The molecule has 2 heterocycles. The first-order chi connectivity index (χ1) is 15.8. The van der Waals surface area contributed by atoms with Gasteiger partial charge in [-0.3, -0.25) is 14.4 Å². The third kappa shape index (κ3) is 5.14. The number of rotatable bonds is 5. The summed E-state index contributed by atoms with van der Waals surface area (Å²) in [6, 6.07) is 15.6. The SMILES string of the molecule is CC(=O)c1cccc(NC(=O)C2CCN(c3ccc(=O)n(-c4ccc(C)c(Cl)c4)n3)CC2)c1. The highest BCUT2D eigenvalue weighted by atomic mass is 35.5. The first-order valence-corrected chi connectivity index (χ1v) is 11.2. The van der Waals surface area contributed by atoms with Crippen molar-refractivity contribution in [3.05, 3.63) is 81.1 Å². The number of anilines is 2. The number of benzene rings is 2. The minimum atomic E-state index is -0.235. The minimum absolute atomic E-state index is 0.0406. The minimum Gasteiger partial charge on any atom is -0.355 e. The van der Waals surface area contributed by atoms with Crippen LogP contribution in [0.3, 0.4) is 0 Å². The Labute approximate surface area is 197 Å². The smallest absolute Gasteiger partial charge is 0.271 e. The second kappa shape index (κ2) is 9.58. The van der Waals surface area contributed by atoms with Crippen LogP contribution < -0.4 is 15.8 Å². The van der Waals surface area contributed by atoms with Crippen LogP contribution >= 0.6 is 11.6 Å². The summed E-state index contributed by atoms with van der Waals surface area (Å²) in [4.78, 5) is 38.8. The maximum Gasteiger partial charge on any atom is 0.271 e. The van der Waals surface area contributed by atoms with Gasteiger partial charge < -0.3 is 10.2 Å². The number of Topliss-reactive ketones (excluding diaryl/α,β-unsaturated/α-hetero) is 1. The van der Waals surface area contributed by atoms with E-state index in [4.69, 9.17) is 11.6 Å². The first kappa shape index (κ1) is 22.7. The third-order valence-corrected chi connectivity index (χ3v) is 6.32. The van der Waals surface area contributed by atoms with Crippen LogP contribution in [0.2, 0.25) is 5.02 Å². The topological polar surface area (TPSA) is 84.3 Å². The van der Waals surface area contributed by atoms with Gasteiger partial charge in [0.25, 0.3) is 5.56 Å². The van der Waals surface area contributed by atoms with E-state index in [0.717, 1.165) is 5.56 Å². The lowest BCUT2D eigenvalue weighted by molar-refractivity contribution is -0.120. The molecule has 1 fully saturated rings. The molecule has 3 aromatic rings. The van der Waals surface area contributed by atoms with Gasteiger partial charge in [-0.2, -0.15) is 4.68 Å². The van der Waals surface area contributed by atoms with Gasteiger partial charge in [0.15, 0.2) is 5.78 Å². The van der Waals surface area contributed by atoms with Gasteiger partial charge in [0.05, 0.1) is 5.69 Å². The number of aryl methyl sites for hydroxylation is 1. The molecule has 4 rings (SSSR count). The summed E-state index contributed by atoms with van der Waals surface area (Å²) in [5.74, 6) is 0.451. The Morgan fingerprint density at radius 1 is 1.06 bits per heavy atom. The van der Waals surface area contributed by atoms with Gasteiger partial charge in [0.2, 0.25) is 5.91 Å². The number of nitrogens with zero attached hydrogens (tertiary/aromatic N) is 3. The number of carbonyl (C=O) groups is 2. The molecule has 0 aliphatic carbocycles. The second-order valence-electron chi connectivity index (χ2n) is 8.26. The molecule has 1 aliphatic rings. The van der Waals surface area contributed by atoms with Crippen molar-refractivity contribution >= 4 is 34.8 Å². The lowest BCUT2D eigenvalue weighted by Crippen LogP contribution is -2.39. The van der Waals surface area contributed by atoms with E-state index in [0.29, 0.717) is 53.7 Å². The second-order valence-corrected chi connectivity index (χ2v) is 8.67. The Morgan fingerprint density at radius 3 is 2.52 bits per heavy atom. The fourth-order valence-corrected chi connectivity index (χ4v) is 4.07. The van der Waals surface area contributed by atoms with Gasteiger partial charge in [0.1, 0.15) is 5.82 Å². The molecule has 0 saturated carbocycles. The zero-order valence-corrected chi connectivity index (χ0v) is 19.3. The van der Waals surface area contributed by atoms with Crippen LogP contribution in [0.4, 0.5) is 11.5 Å². The van der Waals surface area contributed by atoms with Crippen molar-refractivity contribution in [3.8, 4) is 5.69 Å². The summed E-state index contributed by atoms with van der Waals surface area (Å²) in [7, 11) is 0. The van der Waals surface area contributed by atoms with Crippen LogP contribution in [-0.4, -0.2) is 34.6 Å². The number of amides is 1. The van der Waals surface area contributed by atoms with Crippen LogP contribution in [-0.2, 0) is 4.79 Å². The van der Waals surface area contributed by atoms with Crippen molar-refractivity contribution in [2.75, 3.05) is 23.3 Å². The van der Waals surface area contributed by atoms with E-state index in [1.807, 2.05) is 19.1 Å². The van der Waals surface area contributed by atoms with Crippen molar-refractivity contribution in [2.24, 2.45) is 5.92 Å². The zero-order chi connectivity index (χ0) is 23.5. The number of aromatic nitrogens is 2. The maximum atomic E-state index is 12.7. The molecule has 1 aliphatic heterocycles. The van der Waals surface area contributed by atoms with Crippen LogP contribution in [0.1, 0.15) is 35.7 Å². The highest BCUT2D eigenvalue weighted by molar-refractivity contribution is 6.31. The fraction of sp³-hybridized carbons (Fsp3) is 0.280. The lowest BCUT2D eigenvalue weighted by Gasteiger charge is -2.32. The van der Waals surface area contributed by atoms with Gasteiger partial charge in [-0.15, -0.1) is 5.10 Å². The summed E-state index contributed by atoms with van der Waals surface area (Å²) in [6.45, 7) is 4.69. The number of ketones is 1. The number of piperidine rings is 1. The predicted octanol–water partition coefficient (Wildman–Crippen LogP) is 4.25. The molecule has 0 unspecified atom stereocenters. The molecular formula is C25H25ClN4O3. The monoisotopic (exact) mass is 464 g/mol. The number of hydrogen-bond donors (Lipinski definition) is 1. The van der Waals surface area contributed by atoms with E-state index in [2.05, 4.69) is 15.3 Å². The largest absolute Gasteiger partial charge is 0.355 e. The van der Waals surface area contributed by atoms with Gasteiger partial charge in [0, 0.05) is 41.3 Å². The highest BCUT2D eigenvalue weighted by Crippen LogP contribution is 2.24. The average Bonchev–Trinajstić information content (AvgIpc) is 2.81. The Kier molecular flexibility index (Phi) is 6.60. The van der Waals surface area contributed by atoms with E-state index < -0.39 is 0 Å². The Balaban J connectivity index is 1.43. The highest BCUT2D eigenvalue weighted by Gasteiger charge is 2.26. The molecule has 1 amide bonds. The van der Waals surface area contributed by atoms with E-state index in [9.17, 15) is 14.4 Å². The van der Waals surface area contributed by atoms with Crippen LogP contribution in [0.5, 0.6) is 0 Å². The number of carbonyl (C=O) groups excluding carboxylic acids is 2. The third-order valence-electron chi connectivity index (χ3n) is 5.91. The molecule has 1 aromatic heterocycles. The standard InChI is InChI=1S/C25H25ClN4O3/c1-16-6-7-21(15-22(16)26)30-24(32)9-8-23(28-30)29-12-10-18(11-13-29)25(33)27-20-5-3-4-19(14-20)17(2)31/h3-9,14-15,18H,10-13H2,1-2H3,(H,27,33). The Bertz CT molecular complexity index is 1260. The molecular weight excluding hydrogens is 440 g/mol. The molecule has 0 radical (unpaired) electrons. The van der Waals surface area contributed by atoms with Gasteiger partial charge in [-0.25, -0.2) is 0 Å². The molecule has 33 heavy (non-hydrogen) atoms. The van der Waals surface area contributed by atoms with Crippen molar-refractivity contribution in [1.29, 1.82) is 0 Å². The fourth-order valence-electron chi connectivity index (χ4n) is 3.90. The molecule has 8 heteroatoms. The molecule has 170 valence electrons. The molecule has 2 aromatic carbocycles. The van der Waals surface area contributed by atoms with Crippen molar-refractivity contribution in [3.63, 3.8) is 0 Å². The maximum absolute atomic E-state index is 12.7. The van der Waals surface area contributed by atoms with Crippen LogP contribution in [0.25, 0.3) is 5.69 Å². The average molecular weight is 465 g/mol. The quantitative estimate of drug-likeness (QED) is 0.570. The van der Waals surface area contributed by atoms with Gasteiger partial charge >= 0.3 is 0 Å². The van der Waals surface area contributed by atoms with Gasteiger partial charge in [-0.1, -0.05) is 29.8 Å². The summed E-state index contributed by atoms with van der Waals surface area (Å²) in [5.41, 5.74) is 2.50. The number of hydrogen-bond acceptors (Lipinski definition) is 5. The van der Waals surface area contributed by atoms with Crippen LogP contribution in [0.15, 0.2) is 59.4 Å². The number of halogens is 1. The Hall–Kier alpha value is -3.45. The first-order valence-electron chi connectivity index (χ1n) is 10.9. The van der Waals surface area contributed by atoms with Crippen molar-refractivity contribution in [2.45, 2.75) is 26.7 Å². The van der Waals surface area contributed by atoms with E-state index in [1.165, 1.54) is 17.7 Å². The molecule has 0 bridgehead atoms. The Morgan fingerprint density at radius 2 is 1.82 bits per heavy atom. The molecule has 0 atom stereocenters. The lowest BCUT2D eigenvalue weighted by atomic mass is 9.95. The van der Waals surface area contributed by atoms with Gasteiger partial charge in [-0.05, 0) is 62.6 Å². The summed E-state index contributed by atoms with van der Waals surface area (Å²) < 4.78 is 1.35. The molecule has 0 spiro atoms. The van der Waals surface area contributed by atoms with E-state index in [-0.39, 0.29) is 23.2 Å². The summed E-state index contributed by atoms with van der Waals surface area (Å²) >= 11 is 6.22. The zero-order valence-electron chi connectivity index (χ0n) is 18.5. The van der Waals surface area contributed by atoms with Crippen molar-refractivity contribution < 1.29 is 9.59 Å². The molecule has 1 saturated heterocycles. The van der Waals surface area contributed by atoms with E-state index >= 15 is 0 Å². The molecule has 1 N–H and O–H groups in total. The summed E-state index contributed by atoms with van der Waals surface area (Å²) in [5, 5.41) is 8.04. The van der Waals surface area contributed by atoms with Crippen LogP contribution in [0, 0.1) is 12.8 Å². The normalized spacial score (nSPS) is 14.2. The number of nitrogens with one attached hydrogen (secondary N) is 1. The van der Waals surface area contributed by atoms with E-state index in [1.54, 1.807) is 36.4 Å². The van der Waals surface area contributed by atoms with Crippen molar-refractivity contribution in [1.82, 2.24) is 9.78 Å². The molecule has 7 nitrogen and oxygen atoms in total.